The summed E-state index contributed by atoms with van der Waals surface area (Å²) in [5.74, 6) is -2.28. The van der Waals surface area contributed by atoms with Gasteiger partial charge in [0.25, 0.3) is 0 Å². The van der Waals surface area contributed by atoms with Crippen LogP contribution in [0.25, 0.3) is 34.1 Å². The van der Waals surface area contributed by atoms with Gasteiger partial charge < -0.3 is 13.3 Å². The molecule has 0 saturated heterocycles. The molecule has 0 saturated carbocycles. The number of fused-ring (bicyclic) bond motifs is 3. The lowest BCUT2D eigenvalue weighted by Crippen LogP contribution is -2.13. The molecule has 1 heterocycles. The SMILES string of the molecule is C=Cc1cc(C(C)(C)C)c2oc(=O)oc(=O)oc3c(C(C)(C)C)cc(C=C)cc3c2c1. The maximum atomic E-state index is 12.4. The molecule has 0 N–H and O–H groups in total. The first-order chi connectivity index (χ1) is 14.3. The second kappa shape index (κ2) is 7.73. The lowest BCUT2D eigenvalue weighted by molar-refractivity contribution is 0.267. The highest BCUT2D eigenvalue weighted by Gasteiger charge is 2.23. The standard InChI is InChI=1S/C26H28O5/c1-9-15-11-17-18-12-16(10-2)14-20(26(6,7)8)22(18)30-24(28)31-23(27)29-21(17)19(13-15)25(3,4)5/h9-14H,1-2H2,3-8H3. The second-order valence-electron chi connectivity index (χ2n) is 9.60. The third-order valence-corrected chi connectivity index (χ3v) is 5.14. The minimum Gasteiger partial charge on any atom is -0.394 e. The predicted octanol–water partition coefficient (Wildman–Crippen LogP) is 6.50. The molecule has 0 atom stereocenters. The molecule has 5 heteroatoms. The van der Waals surface area contributed by atoms with E-state index in [1.807, 2.05) is 65.8 Å². The van der Waals surface area contributed by atoms with E-state index >= 15 is 0 Å². The van der Waals surface area contributed by atoms with Gasteiger partial charge in [0.1, 0.15) is 11.2 Å². The smallest absolute Gasteiger partial charge is 0.394 e. The molecule has 162 valence electrons. The summed E-state index contributed by atoms with van der Waals surface area (Å²) in [7, 11) is 0. The summed E-state index contributed by atoms with van der Waals surface area (Å²) in [6.07, 6.45) is 3.46. The Bertz CT molecular complexity index is 1260. The quantitative estimate of drug-likeness (QED) is 0.473. The second-order valence-corrected chi connectivity index (χ2v) is 9.60. The molecule has 0 fully saturated rings. The molecule has 0 bridgehead atoms. The van der Waals surface area contributed by atoms with Gasteiger partial charge >= 0.3 is 11.6 Å². The van der Waals surface area contributed by atoms with Crippen molar-refractivity contribution in [3.63, 3.8) is 0 Å². The molecule has 5 nitrogen and oxygen atoms in total. The first-order valence-electron chi connectivity index (χ1n) is 10.1. The zero-order valence-corrected chi connectivity index (χ0v) is 18.9. The number of rotatable bonds is 2. The summed E-state index contributed by atoms with van der Waals surface area (Å²) >= 11 is 0. The Labute approximate surface area is 181 Å². The summed E-state index contributed by atoms with van der Waals surface area (Å²) < 4.78 is 15.9. The Kier molecular flexibility index (Phi) is 5.57. The molecular formula is C26H28O5. The Balaban J connectivity index is 2.87. The van der Waals surface area contributed by atoms with Crippen molar-refractivity contribution in [1.82, 2.24) is 0 Å². The molecule has 0 spiro atoms. The highest BCUT2D eigenvalue weighted by molar-refractivity contribution is 6.05. The lowest BCUT2D eigenvalue weighted by Gasteiger charge is -2.22. The molecule has 0 unspecified atom stereocenters. The van der Waals surface area contributed by atoms with Crippen molar-refractivity contribution >= 4 is 34.1 Å². The average Bonchev–Trinajstić information content (AvgIpc) is 2.70. The normalized spacial score (nSPS) is 12.1. The monoisotopic (exact) mass is 420 g/mol. The van der Waals surface area contributed by atoms with E-state index in [9.17, 15) is 9.59 Å². The van der Waals surface area contributed by atoms with E-state index in [-0.39, 0.29) is 10.8 Å². The van der Waals surface area contributed by atoms with Gasteiger partial charge in [0, 0.05) is 21.9 Å². The van der Waals surface area contributed by atoms with E-state index in [2.05, 4.69) is 13.2 Å². The lowest BCUT2D eigenvalue weighted by atomic mass is 9.82. The van der Waals surface area contributed by atoms with E-state index in [1.54, 1.807) is 12.2 Å². The summed E-state index contributed by atoms with van der Waals surface area (Å²) in [5.41, 5.74) is 3.15. The van der Waals surface area contributed by atoms with E-state index in [0.717, 1.165) is 22.3 Å². The third-order valence-electron chi connectivity index (χ3n) is 5.14. The van der Waals surface area contributed by atoms with Gasteiger partial charge in [-0.2, -0.15) is 0 Å². The summed E-state index contributed by atoms with van der Waals surface area (Å²) in [5, 5.41) is 1.22. The van der Waals surface area contributed by atoms with E-state index in [1.165, 1.54) is 0 Å². The van der Waals surface area contributed by atoms with Gasteiger partial charge in [-0.25, -0.2) is 9.59 Å². The topological polar surface area (TPSA) is 73.6 Å². The fourth-order valence-electron chi connectivity index (χ4n) is 3.55. The first kappa shape index (κ1) is 22.3. The number of hydrogen-bond donors (Lipinski definition) is 0. The van der Waals surface area contributed by atoms with Gasteiger partial charge in [-0.15, -0.1) is 0 Å². The maximum absolute atomic E-state index is 12.4. The van der Waals surface area contributed by atoms with Crippen LogP contribution in [0.15, 0.2) is 60.3 Å². The summed E-state index contributed by atoms with van der Waals surface area (Å²) in [6.45, 7) is 19.9. The highest BCUT2D eigenvalue weighted by atomic mass is 16.6. The number of hydrogen-bond acceptors (Lipinski definition) is 5. The van der Waals surface area contributed by atoms with Gasteiger partial charge in [-0.3, -0.25) is 0 Å². The fourth-order valence-corrected chi connectivity index (χ4v) is 3.55. The van der Waals surface area contributed by atoms with Crippen molar-refractivity contribution in [1.29, 1.82) is 0 Å². The van der Waals surface area contributed by atoms with Crippen molar-refractivity contribution in [3.05, 3.63) is 80.9 Å². The van der Waals surface area contributed by atoms with Crippen molar-refractivity contribution < 1.29 is 13.3 Å². The predicted molar refractivity (Wildman–Crippen MR) is 126 cm³/mol. The van der Waals surface area contributed by atoms with Crippen LogP contribution in [-0.2, 0) is 10.8 Å². The van der Waals surface area contributed by atoms with Crippen LogP contribution in [0.4, 0.5) is 0 Å². The highest BCUT2D eigenvalue weighted by Crippen LogP contribution is 2.37. The largest absolute Gasteiger partial charge is 0.524 e. The molecule has 31 heavy (non-hydrogen) atoms. The van der Waals surface area contributed by atoms with Crippen LogP contribution in [0.1, 0.15) is 63.8 Å². The van der Waals surface area contributed by atoms with Crippen LogP contribution in [0.5, 0.6) is 0 Å². The molecule has 0 aliphatic carbocycles. The Hall–Kier alpha value is -3.34. The Morgan fingerprint density at radius 2 is 1.00 bits per heavy atom. The van der Waals surface area contributed by atoms with E-state index in [4.69, 9.17) is 13.3 Å². The van der Waals surface area contributed by atoms with E-state index in [0.29, 0.717) is 21.9 Å². The zero-order chi connectivity index (χ0) is 23.1. The summed E-state index contributed by atoms with van der Waals surface area (Å²) in [4.78, 5) is 24.7. The van der Waals surface area contributed by atoms with Crippen molar-refractivity contribution in [2.75, 3.05) is 0 Å². The summed E-state index contributed by atoms with van der Waals surface area (Å²) in [6, 6.07) is 7.56. The Morgan fingerprint density at radius 1 is 0.645 bits per heavy atom. The van der Waals surface area contributed by atoms with Crippen LogP contribution in [0, 0.1) is 0 Å². The molecule has 0 aliphatic heterocycles. The molecular weight excluding hydrogens is 392 g/mol. The average molecular weight is 421 g/mol. The van der Waals surface area contributed by atoms with Crippen LogP contribution >= 0.6 is 0 Å². The molecule has 3 rings (SSSR count). The molecule has 0 aliphatic rings. The minimum atomic E-state index is -1.14. The zero-order valence-electron chi connectivity index (χ0n) is 18.9. The van der Waals surface area contributed by atoms with Gasteiger partial charge in [0.05, 0.1) is 0 Å². The maximum Gasteiger partial charge on any atom is 0.524 e. The minimum absolute atomic E-state index is 0.323. The molecule has 0 radical (unpaired) electrons. The van der Waals surface area contributed by atoms with Crippen LogP contribution < -0.4 is 11.6 Å². The fraction of sp³-hybridized carbons (Fsp3) is 0.308. The molecule has 0 amide bonds. The van der Waals surface area contributed by atoms with Gasteiger partial charge in [0.15, 0.2) is 0 Å². The van der Waals surface area contributed by atoms with E-state index < -0.39 is 11.6 Å². The van der Waals surface area contributed by atoms with Crippen LogP contribution in [0.2, 0.25) is 0 Å². The third kappa shape index (κ3) is 4.41. The van der Waals surface area contributed by atoms with Crippen molar-refractivity contribution in [2.24, 2.45) is 0 Å². The number of benzene rings is 2. The van der Waals surface area contributed by atoms with Gasteiger partial charge in [-0.05, 0) is 46.2 Å². The Morgan fingerprint density at radius 3 is 1.29 bits per heavy atom. The van der Waals surface area contributed by atoms with Gasteiger partial charge in [-0.1, -0.05) is 66.9 Å². The molecule has 3 aromatic rings. The van der Waals surface area contributed by atoms with Crippen LogP contribution in [0.3, 0.4) is 0 Å². The molecule has 1 aromatic heterocycles. The van der Waals surface area contributed by atoms with Crippen LogP contribution in [-0.4, -0.2) is 0 Å². The van der Waals surface area contributed by atoms with Crippen molar-refractivity contribution in [2.45, 2.75) is 52.4 Å². The first-order valence-corrected chi connectivity index (χ1v) is 10.1. The molecule has 2 aromatic carbocycles. The van der Waals surface area contributed by atoms with Crippen molar-refractivity contribution in [3.8, 4) is 0 Å². The van der Waals surface area contributed by atoms with Gasteiger partial charge in [0.2, 0.25) is 0 Å².